The average Bonchev–Trinajstić information content (AvgIpc) is 2.45. The molecule has 1 saturated heterocycles. The Hall–Kier alpha value is -1.95. The maximum Gasteiger partial charge on any atom is 0.261 e. The highest BCUT2D eigenvalue weighted by molar-refractivity contribution is 6.02. The van der Waals surface area contributed by atoms with Gasteiger partial charge in [0, 0.05) is 43.9 Å². The first-order valence-electron chi connectivity index (χ1n) is 7.67. The minimum Gasteiger partial charge on any atom is -0.336 e. The van der Waals surface area contributed by atoms with Crippen LogP contribution in [0.2, 0.25) is 0 Å². The Labute approximate surface area is 128 Å². The van der Waals surface area contributed by atoms with Crippen molar-refractivity contribution in [3.05, 3.63) is 33.2 Å². The van der Waals surface area contributed by atoms with Gasteiger partial charge in [-0.2, -0.15) is 0 Å². The van der Waals surface area contributed by atoms with Crippen LogP contribution in [0, 0.1) is 5.41 Å². The molecule has 0 spiro atoms. The Bertz CT molecular complexity index is 684. The van der Waals surface area contributed by atoms with Gasteiger partial charge < -0.3 is 15.2 Å². The second-order valence-corrected chi connectivity index (χ2v) is 6.89. The van der Waals surface area contributed by atoms with Gasteiger partial charge in [0.2, 0.25) is 0 Å². The third kappa shape index (κ3) is 2.70. The first-order valence-corrected chi connectivity index (χ1v) is 7.67. The number of fused-ring (bicyclic) bond motifs is 1. The summed E-state index contributed by atoms with van der Waals surface area (Å²) in [6.07, 6.45) is 1.08. The Morgan fingerprint density at radius 3 is 2.55 bits per heavy atom. The second kappa shape index (κ2) is 5.35. The molecule has 2 heterocycles. The van der Waals surface area contributed by atoms with E-state index in [1.807, 2.05) is 13.8 Å². The van der Waals surface area contributed by atoms with Crippen LogP contribution < -0.4 is 10.9 Å². The molecule has 0 aromatic carbocycles. The number of H-pyrrole nitrogens is 1. The normalized spacial score (nSPS) is 20.6. The van der Waals surface area contributed by atoms with Gasteiger partial charge in [-0.25, -0.2) is 0 Å². The maximum absolute atomic E-state index is 12.5. The number of carbonyl (C=O) groups is 2. The van der Waals surface area contributed by atoms with Crippen LogP contribution >= 0.6 is 0 Å². The number of amides is 1. The van der Waals surface area contributed by atoms with Crippen LogP contribution in [0.3, 0.4) is 0 Å². The van der Waals surface area contributed by atoms with E-state index in [2.05, 4.69) is 10.3 Å². The first-order chi connectivity index (χ1) is 10.4. The molecule has 3 rings (SSSR count). The molecule has 22 heavy (non-hydrogen) atoms. The lowest BCUT2D eigenvalue weighted by molar-refractivity contribution is 0.0734. The van der Waals surface area contributed by atoms with E-state index < -0.39 is 5.56 Å². The molecule has 1 aromatic rings. The topological polar surface area (TPSA) is 82.3 Å². The molecule has 118 valence electrons. The summed E-state index contributed by atoms with van der Waals surface area (Å²) < 4.78 is 0. The van der Waals surface area contributed by atoms with Gasteiger partial charge in [0.15, 0.2) is 5.78 Å². The maximum atomic E-state index is 12.5. The number of aromatic nitrogens is 1. The van der Waals surface area contributed by atoms with E-state index >= 15 is 0 Å². The highest BCUT2D eigenvalue weighted by atomic mass is 16.2. The summed E-state index contributed by atoms with van der Waals surface area (Å²) in [5.74, 6) is -0.292. The number of rotatable bonds is 1. The Kier molecular flexibility index (Phi) is 3.64. The molecular weight excluding hydrogens is 282 g/mol. The molecule has 0 radical (unpaired) electrons. The van der Waals surface area contributed by atoms with Crippen molar-refractivity contribution in [2.24, 2.45) is 5.41 Å². The Balaban J connectivity index is 1.97. The summed E-state index contributed by atoms with van der Waals surface area (Å²) in [4.78, 5) is 41.5. The summed E-state index contributed by atoms with van der Waals surface area (Å²) >= 11 is 0. The van der Waals surface area contributed by atoms with Gasteiger partial charge in [-0.1, -0.05) is 13.8 Å². The van der Waals surface area contributed by atoms with Gasteiger partial charge in [-0.05, 0) is 17.9 Å². The molecule has 0 saturated carbocycles. The van der Waals surface area contributed by atoms with Crippen molar-refractivity contribution in [2.45, 2.75) is 26.7 Å². The molecule has 1 aliphatic carbocycles. The van der Waals surface area contributed by atoms with E-state index in [1.165, 1.54) is 6.07 Å². The van der Waals surface area contributed by atoms with Gasteiger partial charge >= 0.3 is 0 Å². The second-order valence-electron chi connectivity index (χ2n) is 6.89. The average molecular weight is 303 g/mol. The lowest BCUT2D eigenvalue weighted by Crippen LogP contribution is -2.47. The van der Waals surface area contributed by atoms with Gasteiger partial charge in [-0.15, -0.1) is 0 Å². The van der Waals surface area contributed by atoms with Gasteiger partial charge in [0.25, 0.3) is 11.5 Å². The van der Waals surface area contributed by atoms with Crippen LogP contribution in [0.4, 0.5) is 0 Å². The number of aromatic amines is 1. The van der Waals surface area contributed by atoms with Crippen LogP contribution in [0.25, 0.3) is 0 Å². The molecule has 6 nitrogen and oxygen atoms in total. The van der Waals surface area contributed by atoms with Gasteiger partial charge in [0.1, 0.15) is 5.56 Å². The fourth-order valence-electron chi connectivity index (χ4n) is 3.22. The quantitative estimate of drug-likeness (QED) is 0.795. The highest BCUT2D eigenvalue weighted by Gasteiger charge is 2.33. The lowest BCUT2D eigenvalue weighted by Gasteiger charge is -2.30. The van der Waals surface area contributed by atoms with Crippen LogP contribution in [-0.2, 0) is 6.42 Å². The van der Waals surface area contributed by atoms with Crippen molar-refractivity contribution in [1.82, 2.24) is 15.2 Å². The minimum absolute atomic E-state index is 0.00291. The predicted octanol–water partition coefficient (Wildman–Crippen LogP) is 0.575. The minimum atomic E-state index is -0.396. The number of nitrogens with zero attached hydrogens (tertiary/aromatic N) is 1. The fourth-order valence-corrected chi connectivity index (χ4v) is 3.22. The van der Waals surface area contributed by atoms with Crippen LogP contribution in [0.5, 0.6) is 0 Å². The summed E-state index contributed by atoms with van der Waals surface area (Å²) in [6, 6.07) is 1.50. The number of carbonyl (C=O) groups excluding carboxylic acids is 2. The summed E-state index contributed by atoms with van der Waals surface area (Å²) in [7, 11) is 0. The van der Waals surface area contributed by atoms with E-state index in [4.69, 9.17) is 0 Å². The smallest absolute Gasteiger partial charge is 0.261 e. The van der Waals surface area contributed by atoms with Crippen LogP contribution in [-0.4, -0.2) is 47.8 Å². The molecule has 0 bridgehead atoms. The fraction of sp³-hybridized carbons (Fsp3) is 0.562. The molecule has 0 unspecified atom stereocenters. The van der Waals surface area contributed by atoms with Crippen molar-refractivity contribution in [3.8, 4) is 0 Å². The molecule has 1 aromatic heterocycles. The molecule has 1 fully saturated rings. The monoisotopic (exact) mass is 303 g/mol. The van der Waals surface area contributed by atoms with E-state index in [-0.39, 0.29) is 22.7 Å². The van der Waals surface area contributed by atoms with Gasteiger partial charge in [-0.3, -0.25) is 14.4 Å². The lowest BCUT2D eigenvalue weighted by atomic mass is 9.75. The van der Waals surface area contributed by atoms with E-state index in [1.54, 1.807) is 4.90 Å². The van der Waals surface area contributed by atoms with E-state index in [0.717, 1.165) is 13.1 Å². The third-order valence-corrected chi connectivity index (χ3v) is 4.35. The summed E-state index contributed by atoms with van der Waals surface area (Å²) in [5, 5.41) is 3.17. The highest BCUT2D eigenvalue weighted by Crippen LogP contribution is 2.33. The Morgan fingerprint density at radius 1 is 1.18 bits per heavy atom. The van der Waals surface area contributed by atoms with Crippen LogP contribution in [0.15, 0.2) is 10.9 Å². The number of Topliss-reactive ketones (excluding diaryl/α,β-unsaturated/α-hetero) is 1. The number of pyridine rings is 1. The largest absolute Gasteiger partial charge is 0.336 e. The molecular formula is C16H21N3O3. The first kappa shape index (κ1) is 15.0. The third-order valence-electron chi connectivity index (χ3n) is 4.35. The van der Waals surface area contributed by atoms with Crippen LogP contribution in [0.1, 0.15) is 46.7 Å². The number of ketones is 1. The predicted molar refractivity (Wildman–Crippen MR) is 82.3 cm³/mol. The zero-order valence-corrected chi connectivity index (χ0v) is 13.0. The molecule has 6 heteroatoms. The van der Waals surface area contributed by atoms with Gasteiger partial charge in [0.05, 0.1) is 0 Å². The number of hydrogen-bond donors (Lipinski definition) is 2. The van der Waals surface area contributed by atoms with Crippen molar-refractivity contribution >= 4 is 11.7 Å². The van der Waals surface area contributed by atoms with E-state index in [9.17, 15) is 14.4 Å². The molecule has 1 amide bonds. The zero-order chi connectivity index (χ0) is 15.9. The molecule has 0 atom stereocenters. The molecule has 1 aliphatic heterocycles. The van der Waals surface area contributed by atoms with Crippen molar-refractivity contribution < 1.29 is 9.59 Å². The summed E-state index contributed by atoms with van der Waals surface area (Å²) in [6.45, 7) is 6.62. The SMILES string of the molecule is CC1(C)CC(=O)c2cc(C(=O)N3CCNCC3)c(=O)[nH]c2C1. The molecule has 2 N–H and O–H groups in total. The standard InChI is InChI=1S/C16H21N3O3/c1-16(2)8-12-10(13(20)9-16)7-11(14(21)18-12)15(22)19-5-3-17-4-6-19/h7,17H,3-6,8-9H2,1-2H3,(H,18,21). The van der Waals surface area contributed by atoms with Crippen molar-refractivity contribution in [3.63, 3.8) is 0 Å². The zero-order valence-electron chi connectivity index (χ0n) is 13.0. The molecule has 2 aliphatic rings. The number of hydrogen-bond acceptors (Lipinski definition) is 4. The Morgan fingerprint density at radius 2 is 1.86 bits per heavy atom. The van der Waals surface area contributed by atoms with Crippen molar-refractivity contribution in [2.75, 3.05) is 26.2 Å². The summed E-state index contributed by atoms with van der Waals surface area (Å²) in [5.41, 5.74) is 0.680. The number of nitrogens with one attached hydrogen (secondary N) is 2. The van der Waals surface area contributed by atoms with E-state index in [0.29, 0.717) is 37.2 Å². The van der Waals surface area contributed by atoms with Crippen molar-refractivity contribution in [1.29, 1.82) is 0 Å². The number of piperazine rings is 1.